The van der Waals surface area contributed by atoms with Crippen molar-refractivity contribution in [2.75, 3.05) is 0 Å². The number of H-pyrrole nitrogens is 1. The Bertz CT molecular complexity index is 468. The Morgan fingerprint density at radius 1 is 1.44 bits per heavy atom. The molecule has 0 radical (unpaired) electrons. The van der Waals surface area contributed by atoms with E-state index in [0.29, 0.717) is 5.82 Å². The van der Waals surface area contributed by atoms with Crippen molar-refractivity contribution in [2.24, 2.45) is 0 Å². The topological polar surface area (TPSA) is 96.5 Å². The predicted octanol–water partition coefficient (Wildman–Crippen LogP) is 0.178. The van der Waals surface area contributed by atoms with Crippen LogP contribution in [0.25, 0.3) is 0 Å². The van der Waals surface area contributed by atoms with E-state index in [1.54, 1.807) is 0 Å². The summed E-state index contributed by atoms with van der Waals surface area (Å²) in [6.45, 7) is 0.253. The minimum absolute atomic E-state index is 0.198. The maximum atomic E-state index is 11.5. The van der Waals surface area contributed by atoms with Crippen LogP contribution in [0.3, 0.4) is 0 Å². The maximum Gasteiger partial charge on any atom is 0.272 e. The number of rotatable bonds is 3. The summed E-state index contributed by atoms with van der Waals surface area (Å²) in [7, 11) is 0. The molecule has 0 aliphatic carbocycles. The Morgan fingerprint density at radius 2 is 2.31 bits per heavy atom. The van der Waals surface area contributed by atoms with Crippen molar-refractivity contribution in [3.8, 4) is 0 Å². The molecule has 0 fully saturated rings. The lowest BCUT2D eigenvalue weighted by atomic mass is 10.3. The summed E-state index contributed by atoms with van der Waals surface area (Å²) < 4.78 is 0. The lowest BCUT2D eigenvalue weighted by Gasteiger charge is -2.01. The van der Waals surface area contributed by atoms with Crippen molar-refractivity contribution in [1.82, 2.24) is 30.7 Å². The first kappa shape index (κ1) is 10.5. The molecule has 0 unspecified atom stereocenters. The molecule has 0 spiro atoms. The van der Waals surface area contributed by atoms with E-state index in [-0.39, 0.29) is 23.3 Å². The number of carbonyl (C=O) groups is 1. The van der Waals surface area contributed by atoms with Crippen molar-refractivity contribution in [3.63, 3.8) is 0 Å². The summed E-state index contributed by atoms with van der Waals surface area (Å²) in [5.41, 5.74) is 0.198. The Kier molecular flexibility index (Phi) is 3.06. The highest BCUT2D eigenvalue weighted by atomic mass is 35.5. The average molecular weight is 239 g/mol. The van der Waals surface area contributed by atoms with Gasteiger partial charge in [-0.2, -0.15) is 5.10 Å². The zero-order valence-corrected chi connectivity index (χ0v) is 8.77. The number of aromatic nitrogens is 5. The van der Waals surface area contributed by atoms with E-state index in [9.17, 15) is 4.79 Å². The van der Waals surface area contributed by atoms with Gasteiger partial charge in [0.15, 0.2) is 10.8 Å². The van der Waals surface area contributed by atoms with Crippen molar-refractivity contribution < 1.29 is 4.79 Å². The summed E-state index contributed by atoms with van der Waals surface area (Å²) in [4.78, 5) is 15.4. The number of hydrogen-bond donors (Lipinski definition) is 2. The van der Waals surface area contributed by atoms with Gasteiger partial charge in [-0.25, -0.2) is 4.98 Å². The van der Waals surface area contributed by atoms with Gasteiger partial charge in [-0.05, 0) is 12.1 Å². The second-order valence-electron chi connectivity index (χ2n) is 2.86. The van der Waals surface area contributed by atoms with Gasteiger partial charge in [-0.1, -0.05) is 11.6 Å². The highest BCUT2D eigenvalue weighted by molar-refractivity contribution is 6.29. The zero-order chi connectivity index (χ0) is 11.4. The molecule has 0 saturated heterocycles. The van der Waals surface area contributed by atoms with E-state index in [2.05, 4.69) is 30.7 Å². The largest absolute Gasteiger partial charge is 0.343 e. The van der Waals surface area contributed by atoms with Crippen molar-refractivity contribution in [1.29, 1.82) is 0 Å². The van der Waals surface area contributed by atoms with Gasteiger partial charge in [0, 0.05) is 0 Å². The van der Waals surface area contributed by atoms with Crippen LogP contribution in [-0.4, -0.2) is 31.3 Å². The van der Waals surface area contributed by atoms with E-state index >= 15 is 0 Å². The van der Waals surface area contributed by atoms with Crippen LogP contribution < -0.4 is 5.32 Å². The molecule has 0 bridgehead atoms. The predicted molar refractivity (Wildman–Crippen MR) is 54.6 cm³/mol. The van der Waals surface area contributed by atoms with Crippen LogP contribution in [0, 0.1) is 0 Å². The third kappa shape index (κ3) is 2.51. The van der Waals surface area contributed by atoms with Crippen LogP contribution >= 0.6 is 11.6 Å². The molecule has 1 amide bonds. The molecule has 0 saturated carbocycles. The molecule has 2 N–H and O–H groups in total. The Labute approximate surface area is 95.3 Å². The molecule has 2 rings (SSSR count). The molecule has 0 aliphatic rings. The average Bonchev–Trinajstić information content (AvgIpc) is 2.80. The standard InChI is InChI=1S/C8H7ClN6O/c9-6-2-1-5(13-14-6)8(16)10-3-7-11-4-12-15-7/h1-2,4H,3H2,(H,10,16)(H,11,12,15). The number of carbonyl (C=O) groups excluding carboxylic acids is 1. The lowest BCUT2D eigenvalue weighted by Crippen LogP contribution is -2.24. The molecule has 2 aromatic heterocycles. The van der Waals surface area contributed by atoms with Gasteiger partial charge in [0.1, 0.15) is 12.2 Å². The number of nitrogens with zero attached hydrogens (tertiary/aromatic N) is 4. The van der Waals surface area contributed by atoms with Crippen LogP contribution in [0.5, 0.6) is 0 Å². The molecular formula is C8H7ClN6O. The molecule has 2 heterocycles. The molecule has 0 aromatic carbocycles. The SMILES string of the molecule is O=C(NCc1ncn[nH]1)c1ccc(Cl)nn1. The number of amides is 1. The number of nitrogens with one attached hydrogen (secondary N) is 2. The highest BCUT2D eigenvalue weighted by Crippen LogP contribution is 2.01. The molecule has 0 atom stereocenters. The fourth-order valence-corrected chi connectivity index (χ4v) is 1.11. The van der Waals surface area contributed by atoms with Gasteiger partial charge in [0.25, 0.3) is 5.91 Å². The van der Waals surface area contributed by atoms with Crippen LogP contribution in [0.2, 0.25) is 5.15 Å². The first-order valence-corrected chi connectivity index (χ1v) is 4.75. The molecule has 0 aliphatic heterocycles. The summed E-state index contributed by atoms with van der Waals surface area (Å²) >= 11 is 5.55. The van der Waals surface area contributed by atoms with Gasteiger partial charge in [-0.3, -0.25) is 9.89 Å². The van der Waals surface area contributed by atoms with E-state index in [1.165, 1.54) is 18.5 Å². The Hall–Kier alpha value is -2.02. The van der Waals surface area contributed by atoms with E-state index in [0.717, 1.165) is 0 Å². The molecule has 16 heavy (non-hydrogen) atoms. The van der Waals surface area contributed by atoms with Crippen LogP contribution in [0.1, 0.15) is 16.3 Å². The fourth-order valence-electron chi connectivity index (χ4n) is 1.01. The fraction of sp³-hybridized carbons (Fsp3) is 0.125. The van der Waals surface area contributed by atoms with Crippen molar-refractivity contribution in [3.05, 3.63) is 35.1 Å². The highest BCUT2D eigenvalue weighted by Gasteiger charge is 2.07. The van der Waals surface area contributed by atoms with Gasteiger partial charge >= 0.3 is 0 Å². The first-order chi connectivity index (χ1) is 7.75. The second kappa shape index (κ2) is 4.67. The molecule has 8 heteroatoms. The second-order valence-corrected chi connectivity index (χ2v) is 3.24. The third-order valence-corrected chi connectivity index (χ3v) is 1.95. The van der Waals surface area contributed by atoms with Crippen molar-refractivity contribution >= 4 is 17.5 Å². The van der Waals surface area contributed by atoms with Crippen LogP contribution in [-0.2, 0) is 6.54 Å². The van der Waals surface area contributed by atoms with Crippen LogP contribution in [0.4, 0.5) is 0 Å². The number of hydrogen-bond acceptors (Lipinski definition) is 5. The van der Waals surface area contributed by atoms with Crippen LogP contribution in [0.15, 0.2) is 18.5 Å². The summed E-state index contributed by atoms with van der Waals surface area (Å²) in [6.07, 6.45) is 1.36. The lowest BCUT2D eigenvalue weighted by molar-refractivity contribution is 0.0944. The van der Waals surface area contributed by atoms with E-state index in [1.807, 2.05) is 0 Å². The quantitative estimate of drug-likeness (QED) is 0.795. The monoisotopic (exact) mass is 238 g/mol. The van der Waals surface area contributed by atoms with E-state index in [4.69, 9.17) is 11.6 Å². The Balaban J connectivity index is 1.95. The van der Waals surface area contributed by atoms with Gasteiger partial charge in [0.05, 0.1) is 6.54 Å². The first-order valence-electron chi connectivity index (χ1n) is 4.37. The molecular weight excluding hydrogens is 232 g/mol. The van der Waals surface area contributed by atoms with E-state index < -0.39 is 0 Å². The summed E-state index contributed by atoms with van der Waals surface area (Å²) in [5, 5.41) is 16.3. The number of halogens is 1. The van der Waals surface area contributed by atoms with Gasteiger partial charge in [0.2, 0.25) is 0 Å². The maximum absolute atomic E-state index is 11.5. The normalized spacial score (nSPS) is 10.1. The molecule has 82 valence electrons. The van der Waals surface area contributed by atoms with Gasteiger partial charge in [-0.15, -0.1) is 10.2 Å². The molecule has 2 aromatic rings. The summed E-state index contributed by atoms with van der Waals surface area (Å²) in [5.74, 6) is 0.218. The summed E-state index contributed by atoms with van der Waals surface area (Å²) in [6, 6.07) is 2.99. The smallest absolute Gasteiger partial charge is 0.272 e. The number of aromatic amines is 1. The van der Waals surface area contributed by atoms with Crippen molar-refractivity contribution in [2.45, 2.75) is 6.54 Å². The third-order valence-electron chi connectivity index (χ3n) is 1.75. The minimum Gasteiger partial charge on any atom is -0.343 e. The Morgan fingerprint density at radius 3 is 2.94 bits per heavy atom. The van der Waals surface area contributed by atoms with Gasteiger partial charge < -0.3 is 5.32 Å². The zero-order valence-electron chi connectivity index (χ0n) is 8.01. The minimum atomic E-state index is -0.347. The molecule has 7 nitrogen and oxygen atoms in total.